The summed E-state index contributed by atoms with van der Waals surface area (Å²) in [6.45, 7) is 9.63. The molecule has 192 valence electrons. The largest absolute Gasteiger partial charge is 0.383 e. The highest BCUT2D eigenvalue weighted by Gasteiger charge is 2.32. The lowest BCUT2D eigenvalue weighted by Crippen LogP contribution is -2.36. The molecule has 2 aromatic rings. The quantitative estimate of drug-likeness (QED) is 0.555. The zero-order valence-corrected chi connectivity index (χ0v) is 21.8. The molecule has 0 saturated carbocycles. The standard InChI is InChI=1S/C25H36N4O5S/c1-25(2,3)24-27-21-15-20(5-6-22(21)29(24)16-18-8-12-34-13-9-18)35(31,32)28-11-7-19(17-28)23(30)26-10-14-33-4/h5-7,11,15,18-19H,8-10,12-14,16-17H2,1-4H3,(H,26,30). The van der Waals surface area contributed by atoms with Crippen LogP contribution < -0.4 is 5.32 Å². The second kappa shape index (κ2) is 10.3. The molecule has 10 heteroatoms. The summed E-state index contributed by atoms with van der Waals surface area (Å²) in [6, 6.07) is 5.16. The topological polar surface area (TPSA) is 103 Å². The molecule has 2 aliphatic heterocycles. The van der Waals surface area contributed by atoms with E-state index in [4.69, 9.17) is 14.5 Å². The van der Waals surface area contributed by atoms with Gasteiger partial charge in [0.1, 0.15) is 5.82 Å². The van der Waals surface area contributed by atoms with Crippen molar-refractivity contribution in [3.63, 3.8) is 0 Å². The fourth-order valence-corrected chi connectivity index (χ4v) is 5.98. The number of ether oxygens (including phenoxy) is 2. The van der Waals surface area contributed by atoms with E-state index in [1.807, 2.05) is 6.07 Å². The summed E-state index contributed by atoms with van der Waals surface area (Å²) in [7, 11) is -2.25. The first-order chi connectivity index (χ1) is 16.6. The number of methoxy groups -OCH3 is 1. The molecule has 0 aliphatic carbocycles. The van der Waals surface area contributed by atoms with Gasteiger partial charge in [-0.05, 0) is 37.0 Å². The van der Waals surface area contributed by atoms with Crippen molar-refractivity contribution < 1.29 is 22.7 Å². The highest BCUT2D eigenvalue weighted by molar-refractivity contribution is 7.89. The highest BCUT2D eigenvalue weighted by atomic mass is 32.2. The third-order valence-corrected chi connectivity index (χ3v) is 8.32. The monoisotopic (exact) mass is 504 g/mol. The Morgan fingerprint density at radius 2 is 2.00 bits per heavy atom. The minimum atomic E-state index is -3.81. The Morgan fingerprint density at radius 3 is 2.69 bits per heavy atom. The molecule has 1 aromatic carbocycles. The van der Waals surface area contributed by atoms with Crippen LogP contribution in [0.15, 0.2) is 35.4 Å². The first kappa shape index (κ1) is 25.7. The number of nitrogens with one attached hydrogen (secondary N) is 1. The number of fused-ring (bicyclic) bond motifs is 1. The molecule has 0 spiro atoms. The molecule has 1 aromatic heterocycles. The summed E-state index contributed by atoms with van der Waals surface area (Å²) in [4.78, 5) is 17.4. The zero-order chi connectivity index (χ0) is 25.2. The number of nitrogens with zero attached hydrogens (tertiary/aromatic N) is 3. The predicted molar refractivity (Wildman–Crippen MR) is 133 cm³/mol. The minimum Gasteiger partial charge on any atom is -0.383 e. The van der Waals surface area contributed by atoms with Crippen LogP contribution in [0.25, 0.3) is 11.0 Å². The van der Waals surface area contributed by atoms with Gasteiger partial charge in [-0.25, -0.2) is 13.4 Å². The van der Waals surface area contributed by atoms with Crippen LogP contribution in [0.1, 0.15) is 39.4 Å². The van der Waals surface area contributed by atoms with E-state index < -0.39 is 15.9 Å². The maximum Gasteiger partial charge on any atom is 0.263 e. The Kier molecular flexibility index (Phi) is 7.54. The van der Waals surface area contributed by atoms with Crippen molar-refractivity contribution >= 4 is 27.0 Å². The molecule has 0 radical (unpaired) electrons. The van der Waals surface area contributed by atoms with Gasteiger partial charge in [-0.3, -0.25) is 9.10 Å². The van der Waals surface area contributed by atoms with E-state index in [1.165, 1.54) is 10.5 Å². The second-order valence-corrected chi connectivity index (χ2v) is 12.2. The summed E-state index contributed by atoms with van der Waals surface area (Å²) in [5, 5.41) is 2.76. The van der Waals surface area contributed by atoms with Gasteiger partial charge in [-0.1, -0.05) is 26.8 Å². The molecule has 4 rings (SSSR count). The Bertz CT molecular complexity index is 1190. The van der Waals surface area contributed by atoms with E-state index in [0.717, 1.165) is 43.9 Å². The number of hydrogen-bond donors (Lipinski definition) is 1. The van der Waals surface area contributed by atoms with Crippen LogP contribution in [0.2, 0.25) is 0 Å². The van der Waals surface area contributed by atoms with Gasteiger partial charge in [0, 0.05) is 51.6 Å². The zero-order valence-electron chi connectivity index (χ0n) is 21.0. The average Bonchev–Trinajstić information content (AvgIpc) is 3.46. The van der Waals surface area contributed by atoms with E-state index in [9.17, 15) is 13.2 Å². The number of carbonyl (C=O) groups excluding carboxylic acids is 1. The molecule has 1 saturated heterocycles. The average molecular weight is 505 g/mol. The van der Waals surface area contributed by atoms with Crippen molar-refractivity contribution in [1.29, 1.82) is 0 Å². The van der Waals surface area contributed by atoms with Crippen molar-refractivity contribution in [2.45, 2.75) is 50.5 Å². The Hall–Kier alpha value is -2.43. The maximum atomic E-state index is 13.4. The van der Waals surface area contributed by atoms with Gasteiger partial charge in [0.2, 0.25) is 5.91 Å². The molecular weight excluding hydrogens is 468 g/mol. The number of carbonyl (C=O) groups is 1. The van der Waals surface area contributed by atoms with Gasteiger partial charge in [0.15, 0.2) is 0 Å². The molecular formula is C25H36N4O5S. The van der Waals surface area contributed by atoms with Crippen molar-refractivity contribution in [2.24, 2.45) is 11.8 Å². The number of amides is 1. The van der Waals surface area contributed by atoms with Crippen LogP contribution >= 0.6 is 0 Å². The van der Waals surface area contributed by atoms with Gasteiger partial charge in [-0.15, -0.1) is 0 Å². The molecule has 1 amide bonds. The van der Waals surface area contributed by atoms with Crippen LogP contribution in [0, 0.1) is 11.8 Å². The minimum absolute atomic E-state index is 0.0740. The molecule has 0 bridgehead atoms. The maximum absolute atomic E-state index is 13.4. The van der Waals surface area contributed by atoms with Gasteiger partial charge in [0.05, 0.1) is 28.5 Å². The third-order valence-electron chi connectivity index (χ3n) is 6.58. The predicted octanol–water partition coefficient (Wildman–Crippen LogP) is 2.66. The molecule has 2 aliphatic rings. The summed E-state index contributed by atoms with van der Waals surface area (Å²) in [6.07, 6.45) is 5.12. The first-order valence-corrected chi connectivity index (χ1v) is 13.6. The van der Waals surface area contributed by atoms with Crippen molar-refractivity contribution in [1.82, 2.24) is 19.2 Å². The van der Waals surface area contributed by atoms with Crippen molar-refractivity contribution in [3.8, 4) is 0 Å². The lowest BCUT2D eigenvalue weighted by molar-refractivity contribution is -0.123. The van der Waals surface area contributed by atoms with Crippen LogP contribution in [-0.4, -0.2) is 68.2 Å². The van der Waals surface area contributed by atoms with E-state index in [1.54, 1.807) is 25.3 Å². The molecule has 1 N–H and O–H groups in total. The number of sulfonamides is 1. The fourth-order valence-electron chi connectivity index (χ4n) is 4.62. The fraction of sp³-hybridized carbons (Fsp3) is 0.600. The Labute approximate surface area is 207 Å². The normalized spacial score (nSPS) is 19.5. The van der Waals surface area contributed by atoms with Gasteiger partial charge < -0.3 is 19.4 Å². The number of rotatable bonds is 8. The molecule has 9 nitrogen and oxygen atoms in total. The highest BCUT2D eigenvalue weighted by Crippen LogP contribution is 2.31. The van der Waals surface area contributed by atoms with Crippen LogP contribution in [0.5, 0.6) is 0 Å². The Balaban J connectivity index is 1.58. The van der Waals surface area contributed by atoms with Crippen LogP contribution in [-0.2, 0) is 36.3 Å². The van der Waals surface area contributed by atoms with E-state index in [-0.39, 0.29) is 22.8 Å². The number of aromatic nitrogens is 2. The van der Waals surface area contributed by atoms with E-state index in [2.05, 4.69) is 30.7 Å². The smallest absolute Gasteiger partial charge is 0.263 e. The van der Waals surface area contributed by atoms with Crippen molar-refractivity contribution in [3.05, 3.63) is 36.3 Å². The van der Waals surface area contributed by atoms with E-state index >= 15 is 0 Å². The summed E-state index contributed by atoms with van der Waals surface area (Å²) in [5.41, 5.74) is 1.41. The molecule has 3 heterocycles. The molecule has 1 atom stereocenters. The lowest BCUT2D eigenvalue weighted by Gasteiger charge is -2.26. The molecule has 35 heavy (non-hydrogen) atoms. The summed E-state index contributed by atoms with van der Waals surface area (Å²) >= 11 is 0. The van der Waals surface area contributed by atoms with Gasteiger partial charge in [-0.2, -0.15) is 0 Å². The van der Waals surface area contributed by atoms with Gasteiger partial charge in [0.25, 0.3) is 10.0 Å². The molecule has 1 fully saturated rings. The summed E-state index contributed by atoms with van der Waals surface area (Å²) in [5.74, 6) is 0.708. The SMILES string of the molecule is COCCNC(=O)C1C=CN(S(=O)(=O)c2ccc3c(c2)nc(C(C)(C)C)n3CC2CCOCC2)C1. The molecule has 1 unspecified atom stereocenters. The number of benzene rings is 1. The van der Waals surface area contributed by atoms with Gasteiger partial charge >= 0.3 is 0 Å². The van der Waals surface area contributed by atoms with Crippen LogP contribution in [0.3, 0.4) is 0 Å². The van der Waals surface area contributed by atoms with Crippen molar-refractivity contribution in [2.75, 3.05) is 40.0 Å². The number of imidazole rings is 1. The van der Waals surface area contributed by atoms with E-state index in [0.29, 0.717) is 24.6 Å². The lowest BCUT2D eigenvalue weighted by atomic mass is 9.94. The summed E-state index contributed by atoms with van der Waals surface area (Å²) < 4.78 is 40.7. The van der Waals surface area contributed by atoms with Crippen LogP contribution in [0.4, 0.5) is 0 Å². The first-order valence-electron chi connectivity index (χ1n) is 12.2. The third kappa shape index (κ3) is 5.54. The second-order valence-electron chi connectivity index (χ2n) is 10.3. The number of hydrogen-bond acceptors (Lipinski definition) is 6. The Morgan fingerprint density at radius 1 is 1.26 bits per heavy atom.